The fraction of sp³-hybridized carbons (Fsp3) is 0.333. The van der Waals surface area contributed by atoms with Crippen LogP contribution in [0.5, 0.6) is 0 Å². The fourth-order valence-corrected chi connectivity index (χ4v) is 5.07. The van der Waals surface area contributed by atoms with Crippen LogP contribution in [0.1, 0.15) is 35.2 Å². The van der Waals surface area contributed by atoms with Gasteiger partial charge in [0.05, 0.1) is 11.4 Å². The molecule has 0 aliphatic carbocycles. The van der Waals surface area contributed by atoms with Gasteiger partial charge in [0.15, 0.2) is 0 Å². The van der Waals surface area contributed by atoms with Crippen molar-refractivity contribution in [2.45, 2.75) is 31.1 Å². The summed E-state index contributed by atoms with van der Waals surface area (Å²) in [4.78, 5) is 24.4. The van der Waals surface area contributed by atoms with Crippen molar-refractivity contribution >= 4 is 27.5 Å². The monoisotopic (exact) mass is 433 g/mol. The number of hydrogen-bond acceptors (Lipinski definition) is 4. The summed E-state index contributed by atoms with van der Waals surface area (Å²) >= 11 is 0. The molecule has 0 spiro atoms. The number of sulfonamides is 1. The van der Waals surface area contributed by atoms with Crippen molar-refractivity contribution < 1.29 is 22.4 Å². The first kappa shape index (κ1) is 21.9. The second-order valence-electron chi connectivity index (χ2n) is 7.19. The largest absolute Gasteiger partial charge is 0.343 e. The minimum absolute atomic E-state index is 0.105. The molecule has 0 atom stereocenters. The zero-order chi connectivity index (χ0) is 21.7. The van der Waals surface area contributed by atoms with E-state index in [9.17, 15) is 22.4 Å². The molecular weight excluding hydrogens is 409 g/mol. The van der Waals surface area contributed by atoms with Crippen LogP contribution in [0.4, 0.5) is 10.1 Å². The van der Waals surface area contributed by atoms with Crippen molar-refractivity contribution in [3.8, 4) is 0 Å². The molecule has 2 N–H and O–H groups in total. The maximum Gasteiger partial charge on any atom is 0.251 e. The summed E-state index contributed by atoms with van der Waals surface area (Å²) in [5.41, 5.74) is 1.02. The molecule has 1 heterocycles. The van der Waals surface area contributed by atoms with Crippen LogP contribution in [0.25, 0.3) is 0 Å². The van der Waals surface area contributed by atoms with Crippen molar-refractivity contribution in [3.05, 3.63) is 59.4 Å². The Balaban J connectivity index is 1.66. The third kappa shape index (κ3) is 5.22. The molecule has 0 bridgehead atoms. The molecule has 1 aliphatic rings. The smallest absolute Gasteiger partial charge is 0.251 e. The predicted molar refractivity (Wildman–Crippen MR) is 111 cm³/mol. The van der Waals surface area contributed by atoms with Gasteiger partial charge in [-0.15, -0.1) is 0 Å². The number of carbonyl (C=O) groups is 2. The molecule has 0 aromatic heterocycles. The van der Waals surface area contributed by atoms with E-state index in [-0.39, 0.29) is 17.0 Å². The molecule has 2 amide bonds. The summed E-state index contributed by atoms with van der Waals surface area (Å²) < 4.78 is 40.6. The molecule has 1 aliphatic heterocycles. The third-order valence-electron chi connectivity index (χ3n) is 4.90. The number of benzene rings is 2. The summed E-state index contributed by atoms with van der Waals surface area (Å²) in [7, 11) is -3.64. The minimum atomic E-state index is -3.64. The Kier molecular flexibility index (Phi) is 6.84. The van der Waals surface area contributed by atoms with E-state index in [2.05, 4.69) is 10.6 Å². The average Bonchev–Trinajstić information content (AvgIpc) is 2.74. The van der Waals surface area contributed by atoms with E-state index in [1.165, 1.54) is 28.6 Å². The van der Waals surface area contributed by atoms with Crippen LogP contribution >= 0.6 is 0 Å². The van der Waals surface area contributed by atoms with Gasteiger partial charge in [-0.05, 0) is 55.7 Å². The van der Waals surface area contributed by atoms with E-state index in [1.54, 1.807) is 19.1 Å². The lowest BCUT2D eigenvalue weighted by atomic mass is 10.2. The van der Waals surface area contributed by atoms with Gasteiger partial charge in [-0.2, -0.15) is 4.31 Å². The first-order valence-electron chi connectivity index (χ1n) is 9.72. The number of halogens is 1. The van der Waals surface area contributed by atoms with Crippen LogP contribution < -0.4 is 10.6 Å². The van der Waals surface area contributed by atoms with Crippen LogP contribution in [-0.2, 0) is 14.8 Å². The first-order chi connectivity index (χ1) is 14.3. The molecular formula is C21H24FN3O4S. The topological polar surface area (TPSA) is 95.6 Å². The van der Waals surface area contributed by atoms with Crippen LogP contribution in [0.3, 0.4) is 0 Å². The molecule has 0 unspecified atom stereocenters. The van der Waals surface area contributed by atoms with Gasteiger partial charge in [-0.25, -0.2) is 12.8 Å². The summed E-state index contributed by atoms with van der Waals surface area (Å²) in [5, 5.41) is 5.00. The summed E-state index contributed by atoms with van der Waals surface area (Å²) in [6.45, 7) is 2.36. The lowest BCUT2D eigenvalue weighted by Gasteiger charge is -2.26. The number of carbonyl (C=O) groups excluding carboxylic acids is 2. The van der Waals surface area contributed by atoms with Gasteiger partial charge in [0.2, 0.25) is 15.9 Å². The Morgan fingerprint density at radius 3 is 2.50 bits per heavy atom. The second-order valence-corrected chi connectivity index (χ2v) is 9.09. The number of anilines is 1. The van der Waals surface area contributed by atoms with E-state index in [0.29, 0.717) is 24.3 Å². The van der Waals surface area contributed by atoms with Crippen molar-refractivity contribution in [1.29, 1.82) is 0 Å². The second kappa shape index (κ2) is 9.36. The molecule has 9 heteroatoms. The molecule has 1 saturated heterocycles. The van der Waals surface area contributed by atoms with Gasteiger partial charge in [0, 0.05) is 24.3 Å². The lowest BCUT2D eigenvalue weighted by Crippen LogP contribution is -2.36. The molecule has 7 nitrogen and oxygen atoms in total. The van der Waals surface area contributed by atoms with Crippen LogP contribution in [0.15, 0.2) is 47.4 Å². The SMILES string of the molecule is Cc1ccc(NC(=O)CNC(=O)c2cccc(F)c2)cc1S(=O)(=O)N1CCCCC1. The van der Waals surface area contributed by atoms with Gasteiger partial charge in [-0.3, -0.25) is 9.59 Å². The van der Waals surface area contributed by atoms with Gasteiger partial charge in [0.25, 0.3) is 5.91 Å². The molecule has 2 aromatic rings. The van der Waals surface area contributed by atoms with Gasteiger partial charge in [0.1, 0.15) is 5.82 Å². The molecule has 3 rings (SSSR count). The minimum Gasteiger partial charge on any atom is -0.343 e. The Bertz CT molecular complexity index is 1050. The van der Waals surface area contributed by atoms with Crippen molar-refractivity contribution in [3.63, 3.8) is 0 Å². The van der Waals surface area contributed by atoms with E-state index in [1.807, 2.05) is 0 Å². The maximum atomic E-state index is 13.2. The highest BCUT2D eigenvalue weighted by molar-refractivity contribution is 7.89. The summed E-state index contributed by atoms with van der Waals surface area (Å²) in [6.07, 6.45) is 2.68. The number of nitrogens with zero attached hydrogens (tertiary/aromatic N) is 1. The summed E-state index contributed by atoms with van der Waals surface area (Å²) in [5.74, 6) is -1.65. The van der Waals surface area contributed by atoms with E-state index in [0.717, 1.165) is 25.3 Å². The number of amides is 2. The van der Waals surface area contributed by atoms with Crippen molar-refractivity contribution in [1.82, 2.24) is 9.62 Å². The molecule has 0 radical (unpaired) electrons. The molecule has 30 heavy (non-hydrogen) atoms. The lowest BCUT2D eigenvalue weighted by molar-refractivity contribution is -0.115. The molecule has 160 valence electrons. The number of nitrogens with one attached hydrogen (secondary N) is 2. The number of aryl methyl sites for hydroxylation is 1. The van der Waals surface area contributed by atoms with Gasteiger partial charge >= 0.3 is 0 Å². The fourth-order valence-electron chi connectivity index (χ4n) is 3.30. The Morgan fingerprint density at radius 1 is 1.07 bits per heavy atom. The average molecular weight is 434 g/mol. The van der Waals surface area contributed by atoms with Gasteiger partial charge < -0.3 is 10.6 Å². The van der Waals surface area contributed by atoms with E-state index >= 15 is 0 Å². The van der Waals surface area contributed by atoms with Crippen molar-refractivity contribution in [2.24, 2.45) is 0 Å². The number of rotatable bonds is 6. The highest BCUT2D eigenvalue weighted by atomic mass is 32.2. The first-order valence-corrected chi connectivity index (χ1v) is 11.2. The zero-order valence-corrected chi connectivity index (χ0v) is 17.5. The highest BCUT2D eigenvalue weighted by Gasteiger charge is 2.27. The maximum absolute atomic E-state index is 13.2. The number of hydrogen-bond donors (Lipinski definition) is 2. The zero-order valence-electron chi connectivity index (χ0n) is 16.7. The predicted octanol–water partition coefficient (Wildman–Crippen LogP) is 2.68. The molecule has 2 aromatic carbocycles. The highest BCUT2D eigenvalue weighted by Crippen LogP contribution is 2.26. The van der Waals surface area contributed by atoms with Crippen LogP contribution in [-0.4, -0.2) is 44.2 Å². The molecule has 1 fully saturated rings. The van der Waals surface area contributed by atoms with Gasteiger partial charge in [-0.1, -0.05) is 18.6 Å². The normalized spacial score (nSPS) is 14.9. The van der Waals surface area contributed by atoms with Crippen LogP contribution in [0, 0.1) is 12.7 Å². The van der Waals surface area contributed by atoms with Crippen LogP contribution in [0.2, 0.25) is 0 Å². The summed E-state index contributed by atoms with van der Waals surface area (Å²) in [6, 6.07) is 9.82. The number of piperidine rings is 1. The molecule has 0 saturated carbocycles. The Morgan fingerprint density at radius 2 is 1.80 bits per heavy atom. The quantitative estimate of drug-likeness (QED) is 0.732. The standard InChI is InChI=1S/C21H24FN3O4S/c1-15-8-9-18(13-19(15)30(28,29)25-10-3-2-4-11-25)24-20(26)14-23-21(27)16-6-5-7-17(22)12-16/h5-9,12-13H,2-4,10-11,14H2,1H3,(H,23,27)(H,24,26). The van der Waals surface area contributed by atoms with Crippen molar-refractivity contribution in [2.75, 3.05) is 25.0 Å². The Hall–Kier alpha value is -2.78. The van der Waals surface area contributed by atoms with E-state index in [4.69, 9.17) is 0 Å². The third-order valence-corrected chi connectivity index (χ3v) is 6.94. The van der Waals surface area contributed by atoms with E-state index < -0.39 is 27.7 Å². The Labute approximate surface area is 175 Å².